The van der Waals surface area contributed by atoms with E-state index in [1.165, 1.54) is 0 Å². The van der Waals surface area contributed by atoms with Gasteiger partial charge in [-0.3, -0.25) is 4.79 Å². The molecule has 0 saturated heterocycles. The van der Waals surface area contributed by atoms with Crippen LogP contribution in [0.5, 0.6) is 0 Å². The van der Waals surface area contributed by atoms with Crippen molar-refractivity contribution in [3.05, 3.63) is 28.2 Å². The van der Waals surface area contributed by atoms with Gasteiger partial charge in [-0.25, -0.2) is 0 Å². The molecular formula is C11H14Cl2N2O. The Bertz CT molecular complexity index is 373. The average Bonchev–Trinajstić information content (AvgIpc) is 2.22. The molecule has 16 heavy (non-hydrogen) atoms. The topological polar surface area (TPSA) is 55.1 Å². The van der Waals surface area contributed by atoms with E-state index >= 15 is 0 Å². The monoisotopic (exact) mass is 260 g/mol. The van der Waals surface area contributed by atoms with E-state index in [-0.39, 0.29) is 17.9 Å². The molecule has 0 aliphatic heterocycles. The van der Waals surface area contributed by atoms with E-state index < -0.39 is 0 Å². The number of para-hydroxylation sites is 1. The van der Waals surface area contributed by atoms with Gasteiger partial charge in [-0.1, -0.05) is 36.2 Å². The number of nitrogens with two attached hydrogens (primary N) is 1. The number of rotatable bonds is 3. The summed E-state index contributed by atoms with van der Waals surface area (Å²) in [6.45, 7) is 3.53. The lowest BCUT2D eigenvalue weighted by Gasteiger charge is -2.16. The smallest absolute Gasteiger partial charge is 0.228 e. The van der Waals surface area contributed by atoms with Gasteiger partial charge < -0.3 is 11.1 Å². The Kier molecular flexibility index (Phi) is 4.59. The first kappa shape index (κ1) is 13.3. The van der Waals surface area contributed by atoms with Crippen LogP contribution in [0.1, 0.15) is 13.8 Å². The van der Waals surface area contributed by atoms with E-state index in [9.17, 15) is 4.79 Å². The number of carbonyl (C=O) groups is 1. The molecule has 0 heterocycles. The number of amides is 1. The van der Waals surface area contributed by atoms with Crippen molar-refractivity contribution in [1.82, 2.24) is 0 Å². The van der Waals surface area contributed by atoms with Crippen LogP contribution in [0.2, 0.25) is 10.0 Å². The third-order valence-electron chi connectivity index (χ3n) is 2.41. The van der Waals surface area contributed by atoms with Crippen LogP contribution in [0.3, 0.4) is 0 Å². The first-order chi connectivity index (χ1) is 7.43. The molecule has 3 N–H and O–H groups in total. The first-order valence-corrected chi connectivity index (χ1v) is 5.69. The molecule has 5 heteroatoms. The van der Waals surface area contributed by atoms with Crippen molar-refractivity contribution in [1.29, 1.82) is 0 Å². The fraction of sp³-hybridized carbons (Fsp3) is 0.364. The third-order valence-corrected chi connectivity index (χ3v) is 3.04. The zero-order valence-corrected chi connectivity index (χ0v) is 10.6. The highest BCUT2D eigenvalue weighted by atomic mass is 35.5. The minimum absolute atomic E-state index is 0.190. The molecule has 0 bridgehead atoms. The van der Waals surface area contributed by atoms with E-state index in [1.807, 2.05) is 0 Å². The second-order valence-electron chi connectivity index (χ2n) is 3.73. The number of nitrogens with one attached hydrogen (secondary N) is 1. The summed E-state index contributed by atoms with van der Waals surface area (Å²) in [6.07, 6.45) is 0. The highest BCUT2D eigenvalue weighted by molar-refractivity contribution is 6.39. The lowest BCUT2D eigenvalue weighted by molar-refractivity contribution is -0.119. The minimum Gasteiger partial charge on any atom is -0.327 e. The number of benzene rings is 1. The minimum atomic E-state index is -0.299. The van der Waals surface area contributed by atoms with E-state index in [4.69, 9.17) is 28.9 Å². The maximum atomic E-state index is 11.7. The van der Waals surface area contributed by atoms with Crippen LogP contribution in [-0.4, -0.2) is 11.9 Å². The Morgan fingerprint density at radius 3 is 2.25 bits per heavy atom. The summed E-state index contributed by atoms with van der Waals surface area (Å²) < 4.78 is 0. The average molecular weight is 261 g/mol. The quantitative estimate of drug-likeness (QED) is 0.878. The predicted molar refractivity (Wildman–Crippen MR) is 67.9 cm³/mol. The first-order valence-electron chi connectivity index (χ1n) is 4.94. The molecule has 2 unspecified atom stereocenters. The van der Waals surface area contributed by atoms with Crippen LogP contribution in [0.15, 0.2) is 18.2 Å². The summed E-state index contributed by atoms with van der Waals surface area (Å²) in [7, 11) is 0. The summed E-state index contributed by atoms with van der Waals surface area (Å²) >= 11 is 11.9. The van der Waals surface area contributed by atoms with E-state index in [0.29, 0.717) is 15.7 Å². The molecule has 1 amide bonds. The number of hydrogen-bond donors (Lipinski definition) is 2. The molecule has 0 radical (unpaired) electrons. The van der Waals surface area contributed by atoms with Crippen LogP contribution in [0.4, 0.5) is 5.69 Å². The SMILES string of the molecule is CC(N)C(C)C(=O)Nc1c(Cl)cccc1Cl. The standard InChI is InChI=1S/C11H14Cl2N2O/c1-6(7(2)14)11(16)15-10-8(12)4-3-5-9(10)13/h3-7H,14H2,1-2H3,(H,15,16). The van der Waals surface area contributed by atoms with Crippen molar-refractivity contribution in [2.75, 3.05) is 5.32 Å². The van der Waals surface area contributed by atoms with Gasteiger partial charge in [0.15, 0.2) is 0 Å². The number of carbonyl (C=O) groups excluding carboxylic acids is 1. The van der Waals surface area contributed by atoms with E-state index in [0.717, 1.165) is 0 Å². The van der Waals surface area contributed by atoms with Crippen LogP contribution in [0, 0.1) is 5.92 Å². The van der Waals surface area contributed by atoms with Gasteiger partial charge in [-0.15, -0.1) is 0 Å². The molecule has 1 aromatic rings. The predicted octanol–water partition coefficient (Wildman–Crippen LogP) is 2.92. The van der Waals surface area contributed by atoms with Gasteiger partial charge in [0, 0.05) is 6.04 Å². The fourth-order valence-corrected chi connectivity index (χ4v) is 1.58. The maximum Gasteiger partial charge on any atom is 0.228 e. The van der Waals surface area contributed by atoms with Gasteiger partial charge in [0.25, 0.3) is 0 Å². The number of halogens is 2. The molecule has 1 aromatic carbocycles. The third kappa shape index (κ3) is 3.11. The zero-order valence-electron chi connectivity index (χ0n) is 9.13. The van der Waals surface area contributed by atoms with Crippen molar-refractivity contribution in [3.8, 4) is 0 Å². The van der Waals surface area contributed by atoms with Gasteiger partial charge in [-0.2, -0.15) is 0 Å². The molecule has 0 spiro atoms. The van der Waals surface area contributed by atoms with E-state index in [2.05, 4.69) is 5.32 Å². The molecule has 0 saturated carbocycles. The molecule has 0 aliphatic rings. The second-order valence-corrected chi connectivity index (χ2v) is 4.55. The summed E-state index contributed by atoms with van der Waals surface area (Å²) in [4.78, 5) is 11.7. The summed E-state index contributed by atoms with van der Waals surface area (Å²) in [5.41, 5.74) is 6.07. The highest BCUT2D eigenvalue weighted by Gasteiger charge is 2.18. The van der Waals surface area contributed by atoms with Gasteiger partial charge in [0.05, 0.1) is 21.7 Å². The Hall–Kier alpha value is -0.770. The van der Waals surface area contributed by atoms with Crippen molar-refractivity contribution in [2.24, 2.45) is 11.7 Å². The molecule has 0 aliphatic carbocycles. The molecule has 0 aromatic heterocycles. The van der Waals surface area contributed by atoms with Gasteiger partial charge in [-0.05, 0) is 19.1 Å². The molecule has 3 nitrogen and oxygen atoms in total. The van der Waals surface area contributed by atoms with Crippen LogP contribution in [0.25, 0.3) is 0 Å². The Morgan fingerprint density at radius 2 is 1.81 bits per heavy atom. The maximum absolute atomic E-state index is 11.7. The molecule has 88 valence electrons. The zero-order chi connectivity index (χ0) is 12.3. The van der Waals surface area contributed by atoms with Crippen LogP contribution < -0.4 is 11.1 Å². The van der Waals surface area contributed by atoms with Gasteiger partial charge in [0.2, 0.25) is 5.91 Å². The second kappa shape index (κ2) is 5.53. The van der Waals surface area contributed by atoms with E-state index in [1.54, 1.807) is 32.0 Å². The van der Waals surface area contributed by atoms with Crippen LogP contribution >= 0.6 is 23.2 Å². The van der Waals surface area contributed by atoms with Crippen molar-refractivity contribution in [3.63, 3.8) is 0 Å². The largest absolute Gasteiger partial charge is 0.327 e. The normalized spacial score (nSPS) is 14.3. The molecule has 1 rings (SSSR count). The summed E-state index contributed by atoms with van der Waals surface area (Å²) in [5, 5.41) is 3.51. The Balaban J connectivity index is 2.85. The Labute approximate surface area is 105 Å². The van der Waals surface area contributed by atoms with Crippen molar-refractivity contribution >= 4 is 34.8 Å². The molecule has 0 fully saturated rings. The summed E-state index contributed by atoms with van der Waals surface area (Å²) in [6, 6.07) is 4.83. The number of hydrogen-bond acceptors (Lipinski definition) is 2. The highest BCUT2D eigenvalue weighted by Crippen LogP contribution is 2.30. The van der Waals surface area contributed by atoms with Crippen molar-refractivity contribution in [2.45, 2.75) is 19.9 Å². The lowest BCUT2D eigenvalue weighted by atomic mass is 10.0. The molecular weight excluding hydrogens is 247 g/mol. The van der Waals surface area contributed by atoms with Gasteiger partial charge >= 0.3 is 0 Å². The van der Waals surface area contributed by atoms with Gasteiger partial charge in [0.1, 0.15) is 0 Å². The van der Waals surface area contributed by atoms with Crippen molar-refractivity contribution < 1.29 is 4.79 Å². The lowest BCUT2D eigenvalue weighted by Crippen LogP contribution is -2.34. The number of anilines is 1. The summed E-state index contributed by atoms with van der Waals surface area (Å²) in [5.74, 6) is -0.489. The van der Waals surface area contributed by atoms with Crippen LogP contribution in [-0.2, 0) is 4.79 Å². The Morgan fingerprint density at radius 1 is 1.31 bits per heavy atom. The molecule has 2 atom stereocenters. The fourth-order valence-electron chi connectivity index (χ4n) is 1.09.